The fraction of sp³-hybridized carbons (Fsp3) is 0.407. The molecule has 10 heteroatoms. The van der Waals surface area contributed by atoms with Crippen LogP contribution in [0.5, 0.6) is 11.5 Å². The molecule has 37 heavy (non-hydrogen) atoms. The molecule has 2 aromatic rings. The number of ketones is 1. The molecule has 0 bridgehead atoms. The Labute approximate surface area is 217 Å². The summed E-state index contributed by atoms with van der Waals surface area (Å²) in [6, 6.07) is 13.0. The van der Waals surface area contributed by atoms with Gasteiger partial charge in [0, 0.05) is 13.1 Å². The van der Waals surface area contributed by atoms with E-state index in [-0.39, 0.29) is 26.3 Å². The molecule has 0 radical (unpaired) electrons. The van der Waals surface area contributed by atoms with E-state index < -0.39 is 29.7 Å². The van der Waals surface area contributed by atoms with Crippen LogP contribution in [-0.4, -0.2) is 43.0 Å². The summed E-state index contributed by atoms with van der Waals surface area (Å²) in [7, 11) is 0. The van der Waals surface area contributed by atoms with E-state index in [1.807, 2.05) is 30.3 Å². The Bertz CT molecular complexity index is 1060. The fourth-order valence-electron chi connectivity index (χ4n) is 3.08. The van der Waals surface area contributed by atoms with Gasteiger partial charge in [0.05, 0.1) is 12.6 Å². The first-order chi connectivity index (χ1) is 17.7. The summed E-state index contributed by atoms with van der Waals surface area (Å²) >= 11 is 0. The number of rotatable bonds is 10. The van der Waals surface area contributed by atoms with E-state index in [1.54, 1.807) is 25.1 Å². The normalized spacial score (nSPS) is 12.0. The zero-order valence-electron chi connectivity index (χ0n) is 21.8. The van der Waals surface area contributed by atoms with E-state index in [2.05, 4.69) is 42.0 Å². The van der Waals surface area contributed by atoms with Gasteiger partial charge in [-0.1, -0.05) is 64.1 Å². The zero-order valence-corrected chi connectivity index (χ0v) is 21.8. The number of nitrogens with one attached hydrogen (secondary N) is 4. The van der Waals surface area contributed by atoms with Crippen molar-refractivity contribution in [3.05, 3.63) is 59.7 Å². The molecular weight excluding hydrogens is 476 g/mol. The maximum Gasteiger partial charge on any atom is 0.315 e. The average molecular weight is 513 g/mol. The van der Waals surface area contributed by atoms with Crippen molar-refractivity contribution < 1.29 is 28.7 Å². The second-order valence-corrected chi connectivity index (χ2v) is 9.02. The highest BCUT2D eigenvalue weighted by Crippen LogP contribution is 2.32. The first-order valence-electron chi connectivity index (χ1n) is 12.2. The van der Waals surface area contributed by atoms with Crippen molar-refractivity contribution in [3.63, 3.8) is 0 Å². The van der Waals surface area contributed by atoms with Crippen molar-refractivity contribution in [1.29, 1.82) is 0 Å². The molecular formula is C27H36N4O6. The van der Waals surface area contributed by atoms with Gasteiger partial charge >= 0.3 is 6.03 Å². The SMILES string of the molecule is CC(C)C.CCC(NC(=O)CNC(=O)NCc1ccccc1)C(=O)C(=O)NCc1ccc2c(c1)OCO2. The summed E-state index contributed by atoms with van der Waals surface area (Å²) in [5, 5.41) is 10.1. The molecule has 4 amide bonds. The highest BCUT2D eigenvalue weighted by molar-refractivity contribution is 6.38. The number of benzene rings is 2. The minimum Gasteiger partial charge on any atom is -0.454 e. The highest BCUT2D eigenvalue weighted by atomic mass is 16.7. The number of hydrogen-bond donors (Lipinski definition) is 4. The van der Waals surface area contributed by atoms with Crippen molar-refractivity contribution in [3.8, 4) is 11.5 Å². The van der Waals surface area contributed by atoms with Gasteiger partial charge in [0.15, 0.2) is 11.5 Å². The van der Waals surface area contributed by atoms with Crippen molar-refractivity contribution in [2.75, 3.05) is 13.3 Å². The Kier molecular flexibility index (Phi) is 11.9. The van der Waals surface area contributed by atoms with Crippen LogP contribution < -0.4 is 30.7 Å². The van der Waals surface area contributed by atoms with Crippen LogP contribution in [0.2, 0.25) is 0 Å². The minimum absolute atomic E-state index is 0.120. The lowest BCUT2D eigenvalue weighted by Gasteiger charge is -2.16. The molecule has 10 nitrogen and oxygen atoms in total. The number of fused-ring (bicyclic) bond motifs is 1. The van der Waals surface area contributed by atoms with Crippen LogP contribution >= 0.6 is 0 Å². The van der Waals surface area contributed by atoms with Crippen LogP contribution in [0.15, 0.2) is 48.5 Å². The van der Waals surface area contributed by atoms with Crippen molar-refractivity contribution in [2.24, 2.45) is 5.92 Å². The molecule has 1 unspecified atom stereocenters. The monoisotopic (exact) mass is 512 g/mol. The summed E-state index contributed by atoms with van der Waals surface area (Å²) in [5.74, 6) is -0.119. The molecule has 1 aliphatic rings. The van der Waals surface area contributed by atoms with Gasteiger partial charge in [-0.05, 0) is 35.6 Å². The van der Waals surface area contributed by atoms with Crippen molar-refractivity contribution >= 4 is 23.6 Å². The van der Waals surface area contributed by atoms with Gasteiger partial charge in [0.2, 0.25) is 18.5 Å². The van der Waals surface area contributed by atoms with Gasteiger partial charge in [0.1, 0.15) is 0 Å². The molecule has 200 valence electrons. The number of carbonyl (C=O) groups is 4. The van der Waals surface area contributed by atoms with E-state index in [0.717, 1.165) is 17.0 Å². The average Bonchev–Trinajstić information content (AvgIpc) is 3.36. The Morgan fingerprint density at radius 3 is 2.16 bits per heavy atom. The number of carbonyl (C=O) groups excluding carboxylic acids is 4. The summed E-state index contributed by atoms with van der Waals surface area (Å²) in [6.07, 6.45) is 0.224. The van der Waals surface area contributed by atoms with E-state index in [0.29, 0.717) is 18.0 Å². The van der Waals surface area contributed by atoms with Crippen LogP contribution in [0, 0.1) is 5.92 Å². The lowest BCUT2D eigenvalue weighted by atomic mass is 10.1. The molecule has 1 heterocycles. The van der Waals surface area contributed by atoms with Crippen LogP contribution in [0.4, 0.5) is 4.79 Å². The maximum atomic E-state index is 12.4. The standard InChI is InChI=1S/C23H26N4O6.C4H10/c1-2-17(27-20(28)13-26-23(31)25-11-15-6-4-3-5-7-15)21(29)22(30)24-12-16-8-9-18-19(10-16)33-14-32-18;1-4(2)3/h3-10,17H,2,11-14H2,1H3,(H,24,30)(H,27,28)(H2,25,26,31);4H,1-3H3. The zero-order chi connectivity index (χ0) is 27.2. The highest BCUT2D eigenvalue weighted by Gasteiger charge is 2.25. The van der Waals surface area contributed by atoms with E-state index in [1.165, 1.54) is 0 Å². The predicted molar refractivity (Wildman–Crippen MR) is 139 cm³/mol. The second-order valence-electron chi connectivity index (χ2n) is 9.02. The van der Waals surface area contributed by atoms with Gasteiger partial charge in [-0.3, -0.25) is 14.4 Å². The quantitative estimate of drug-likeness (QED) is 0.362. The number of ether oxygens (including phenoxy) is 2. The molecule has 0 spiro atoms. The van der Waals surface area contributed by atoms with Crippen molar-refractivity contribution in [1.82, 2.24) is 21.3 Å². The smallest absolute Gasteiger partial charge is 0.315 e. The number of hydrogen-bond acceptors (Lipinski definition) is 6. The molecule has 3 rings (SSSR count). The Morgan fingerprint density at radius 1 is 0.838 bits per heavy atom. The third kappa shape index (κ3) is 10.6. The topological polar surface area (TPSA) is 135 Å². The lowest BCUT2D eigenvalue weighted by molar-refractivity contribution is -0.140. The lowest BCUT2D eigenvalue weighted by Crippen LogP contribution is -2.50. The van der Waals surface area contributed by atoms with Gasteiger partial charge in [-0.25, -0.2) is 4.79 Å². The first-order valence-corrected chi connectivity index (χ1v) is 12.2. The van der Waals surface area contributed by atoms with Gasteiger partial charge in [-0.15, -0.1) is 0 Å². The van der Waals surface area contributed by atoms with E-state index in [9.17, 15) is 19.2 Å². The van der Waals surface area contributed by atoms with Crippen molar-refractivity contribution in [2.45, 2.75) is 53.2 Å². The van der Waals surface area contributed by atoms with E-state index >= 15 is 0 Å². The molecule has 1 atom stereocenters. The molecule has 4 N–H and O–H groups in total. The van der Waals surface area contributed by atoms with Gasteiger partial charge < -0.3 is 30.7 Å². The summed E-state index contributed by atoms with van der Waals surface area (Å²) in [5.41, 5.74) is 1.66. The van der Waals surface area contributed by atoms with E-state index in [4.69, 9.17) is 9.47 Å². The maximum absolute atomic E-state index is 12.4. The third-order valence-corrected chi connectivity index (χ3v) is 4.88. The molecule has 1 aliphatic heterocycles. The van der Waals surface area contributed by atoms with Crippen LogP contribution in [-0.2, 0) is 27.5 Å². The largest absolute Gasteiger partial charge is 0.454 e. The third-order valence-electron chi connectivity index (χ3n) is 4.88. The minimum atomic E-state index is -0.997. The summed E-state index contributed by atoms with van der Waals surface area (Å²) in [4.78, 5) is 48.7. The first kappa shape index (κ1) is 29.2. The Morgan fingerprint density at radius 2 is 1.49 bits per heavy atom. The van der Waals surface area contributed by atoms with Crippen LogP contribution in [0.1, 0.15) is 45.2 Å². The molecule has 0 saturated carbocycles. The molecule has 0 aliphatic carbocycles. The molecule has 0 aromatic heterocycles. The fourth-order valence-corrected chi connectivity index (χ4v) is 3.08. The molecule has 2 aromatic carbocycles. The summed E-state index contributed by atoms with van der Waals surface area (Å²) < 4.78 is 10.5. The van der Waals surface area contributed by atoms with Crippen LogP contribution in [0.25, 0.3) is 0 Å². The van der Waals surface area contributed by atoms with Gasteiger partial charge in [-0.2, -0.15) is 0 Å². The summed E-state index contributed by atoms with van der Waals surface area (Å²) in [6.45, 7) is 8.42. The molecule has 0 saturated heterocycles. The van der Waals surface area contributed by atoms with Crippen LogP contribution in [0.3, 0.4) is 0 Å². The number of urea groups is 1. The number of amides is 4. The molecule has 0 fully saturated rings. The Balaban J connectivity index is 0.00000112. The van der Waals surface area contributed by atoms with Gasteiger partial charge in [0.25, 0.3) is 5.91 Å². The Hall–Kier alpha value is -4.08. The second kappa shape index (κ2) is 15.1. The predicted octanol–water partition coefficient (Wildman–Crippen LogP) is 2.66. The number of Topliss-reactive ketones (excluding diaryl/α,β-unsaturated/α-hetero) is 1.